The second-order valence-electron chi connectivity index (χ2n) is 6.82. The molecule has 0 radical (unpaired) electrons. The highest BCUT2D eigenvalue weighted by Crippen LogP contribution is 2.22. The first-order valence-corrected chi connectivity index (χ1v) is 9.16. The van der Waals surface area contributed by atoms with Crippen molar-refractivity contribution < 1.29 is 18.9 Å². The Morgan fingerprint density at radius 1 is 1.20 bits per heavy atom. The Kier molecular flexibility index (Phi) is 5.95. The minimum absolute atomic E-state index is 0.0843. The van der Waals surface area contributed by atoms with Gasteiger partial charge in [0, 0.05) is 30.1 Å². The van der Waals surface area contributed by atoms with Crippen molar-refractivity contribution >= 4 is 23.2 Å². The molecule has 1 atom stereocenters. The van der Waals surface area contributed by atoms with E-state index in [0.29, 0.717) is 17.0 Å². The standard InChI is InChI=1S/C20H21N5O5/c1-12-9-15(25(28)29)6-7-16(12)22-20(27)19(26)21-11-17(18-5-4-8-30-18)24-14(3)10-13(2)23-24/h4-10,17H,11H2,1-3H3,(H,21,26)(H,22,27). The highest BCUT2D eigenvalue weighted by atomic mass is 16.6. The molecule has 156 valence electrons. The Bertz CT molecular complexity index is 1090. The van der Waals surface area contributed by atoms with Crippen LogP contribution in [0.1, 0.15) is 28.8 Å². The van der Waals surface area contributed by atoms with Crippen molar-refractivity contribution in [2.24, 2.45) is 0 Å². The molecule has 0 aliphatic heterocycles. The Morgan fingerprint density at radius 3 is 2.53 bits per heavy atom. The number of rotatable bonds is 6. The lowest BCUT2D eigenvalue weighted by Gasteiger charge is -2.18. The summed E-state index contributed by atoms with van der Waals surface area (Å²) in [5.74, 6) is -1.13. The van der Waals surface area contributed by atoms with Crippen molar-refractivity contribution in [1.82, 2.24) is 15.1 Å². The molecule has 0 fully saturated rings. The van der Waals surface area contributed by atoms with E-state index >= 15 is 0 Å². The van der Waals surface area contributed by atoms with Crippen molar-refractivity contribution in [3.63, 3.8) is 0 Å². The molecule has 0 aliphatic carbocycles. The number of nitrogens with zero attached hydrogens (tertiary/aromatic N) is 3. The number of carbonyl (C=O) groups is 2. The SMILES string of the molecule is Cc1cc(C)n(C(CNC(=O)C(=O)Nc2ccc([N+](=O)[O-])cc2C)c2ccco2)n1. The number of furan rings is 1. The fraction of sp³-hybridized carbons (Fsp3) is 0.250. The first-order valence-electron chi connectivity index (χ1n) is 9.16. The molecule has 3 aromatic rings. The van der Waals surface area contributed by atoms with Crippen molar-refractivity contribution in [3.8, 4) is 0 Å². The summed E-state index contributed by atoms with van der Waals surface area (Å²) in [4.78, 5) is 34.9. The predicted molar refractivity (Wildman–Crippen MR) is 108 cm³/mol. The van der Waals surface area contributed by atoms with Crippen LogP contribution in [0.3, 0.4) is 0 Å². The van der Waals surface area contributed by atoms with E-state index < -0.39 is 22.8 Å². The maximum absolute atomic E-state index is 12.3. The first-order chi connectivity index (χ1) is 14.3. The molecular formula is C20H21N5O5. The lowest BCUT2D eigenvalue weighted by Crippen LogP contribution is -2.39. The van der Waals surface area contributed by atoms with Gasteiger partial charge in [-0.05, 0) is 50.6 Å². The number of non-ortho nitro benzene ring substituents is 1. The number of aromatic nitrogens is 2. The number of nitrogens with one attached hydrogen (secondary N) is 2. The van der Waals surface area contributed by atoms with Crippen LogP contribution in [-0.4, -0.2) is 33.1 Å². The van der Waals surface area contributed by atoms with E-state index in [0.717, 1.165) is 11.4 Å². The van der Waals surface area contributed by atoms with Gasteiger partial charge in [-0.25, -0.2) is 0 Å². The van der Waals surface area contributed by atoms with Gasteiger partial charge in [-0.3, -0.25) is 24.4 Å². The third-order valence-electron chi connectivity index (χ3n) is 4.54. The van der Waals surface area contributed by atoms with E-state index in [-0.39, 0.29) is 12.2 Å². The van der Waals surface area contributed by atoms with E-state index in [1.165, 1.54) is 24.5 Å². The fourth-order valence-electron chi connectivity index (χ4n) is 3.10. The van der Waals surface area contributed by atoms with E-state index in [9.17, 15) is 19.7 Å². The quantitative estimate of drug-likeness (QED) is 0.364. The van der Waals surface area contributed by atoms with Gasteiger partial charge in [0.25, 0.3) is 5.69 Å². The van der Waals surface area contributed by atoms with Crippen molar-refractivity contribution in [2.45, 2.75) is 26.8 Å². The Balaban J connectivity index is 1.69. The minimum Gasteiger partial charge on any atom is -0.467 e. The average Bonchev–Trinajstić information content (AvgIpc) is 3.33. The molecule has 2 heterocycles. The molecule has 0 bridgehead atoms. The molecule has 30 heavy (non-hydrogen) atoms. The smallest absolute Gasteiger partial charge is 0.313 e. The number of hydrogen-bond acceptors (Lipinski definition) is 6. The summed E-state index contributed by atoms with van der Waals surface area (Å²) in [5, 5.41) is 20.3. The Hall–Kier alpha value is -3.95. The van der Waals surface area contributed by atoms with Gasteiger partial charge in [-0.15, -0.1) is 0 Å². The number of aryl methyl sites for hydroxylation is 3. The molecule has 1 unspecified atom stereocenters. The normalized spacial score (nSPS) is 11.7. The Labute approximate surface area is 172 Å². The minimum atomic E-state index is -0.876. The van der Waals surface area contributed by atoms with Gasteiger partial charge in [0.15, 0.2) is 0 Å². The fourth-order valence-corrected chi connectivity index (χ4v) is 3.10. The highest BCUT2D eigenvalue weighted by molar-refractivity contribution is 6.39. The molecular weight excluding hydrogens is 390 g/mol. The monoisotopic (exact) mass is 411 g/mol. The summed E-state index contributed by atoms with van der Waals surface area (Å²) < 4.78 is 7.21. The second kappa shape index (κ2) is 8.60. The van der Waals surface area contributed by atoms with Gasteiger partial charge in [-0.1, -0.05) is 0 Å². The summed E-state index contributed by atoms with van der Waals surface area (Å²) in [6.45, 7) is 5.44. The number of benzene rings is 1. The first kappa shape index (κ1) is 20.8. The van der Waals surface area contributed by atoms with Crippen LogP contribution in [-0.2, 0) is 9.59 Å². The lowest BCUT2D eigenvalue weighted by atomic mass is 10.2. The van der Waals surface area contributed by atoms with Gasteiger partial charge in [0.05, 0.1) is 16.9 Å². The van der Waals surface area contributed by atoms with E-state index in [4.69, 9.17) is 4.42 Å². The van der Waals surface area contributed by atoms with Crippen LogP contribution < -0.4 is 10.6 Å². The molecule has 3 rings (SSSR count). The van der Waals surface area contributed by atoms with Crippen LogP contribution in [0.5, 0.6) is 0 Å². The summed E-state index contributed by atoms with van der Waals surface area (Å²) in [6.07, 6.45) is 1.53. The Morgan fingerprint density at radius 2 is 1.97 bits per heavy atom. The van der Waals surface area contributed by atoms with E-state index in [2.05, 4.69) is 15.7 Å². The molecule has 0 saturated heterocycles. The molecule has 0 aliphatic rings. The lowest BCUT2D eigenvalue weighted by molar-refractivity contribution is -0.384. The van der Waals surface area contributed by atoms with Crippen LogP contribution in [0.4, 0.5) is 11.4 Å². The predicted octanol–water partition coefficient (Wildman–Crippen LogP) is 2.65. The van der Waals surface area contributed by atoms with Crippen LogP contribution in [0.15, 0.2) is 47.1 Å². The molecule has 0 saturated carbocycles. The topological polar surface area (TPSA) is 132 Å². The van der Waals surface area contributed by atoms with Gasteiger partial charge in [-0.2, -0.15) is 5.10 Å². The number of amides is 2. The summed E-state index contributed by atoms with van der Waals surface area (Å²) >= 11 is 0. The van der Waals surface area contributed by atoms with Crippen LogP contribution in [0, 0.1) is 30.9 Å². The van der Waals surface area contributed by atoms with Crippen molar-refractivity contribution in [1.29, 1.82) is 0 Å². The van der Waals surface area contributed by atoms with Crippen molar-refractivity contribution in [2.75, 3.05) is 11.9 Å². The zero-order chi connectivity index (χ0) is 21.8. The number of hydrogen-bond donors (Lipinski definition) is 2. The highest BCUT2D eigenvalue weighted by Gasteiger charge is 2.23. The third kappa shape index (κ3) is 4.54. The molecule has 1 aromatic carbocycles. The third-order valence-corrected chi connectivity index (χ3v) is 4.54. The molecule has 0 spiro atoms. The largest absolute Gasteiger partial charge is 0.467 e. The van der Waals surface area contributed by atoms with Crippen LogP contribution >= 0.6 is 0 Å². The molecule has 2 aromatic heterocycles. The van der Waals surface area contributed by atoms with Crippen LogP contribution in [0.2, 0.25) is 0 Å². The maximum Gasteiger partial charge on any atom is 0.313 e. The molecule has 2 N–H and O–H groups in total. The summed E-state index contributed by atoms with van der Waals surface area (Å²) in [6, 6.07) is 8.96. The molecule has 10 heteroatoms. The number of nitro groups is 1. The van der Waals surface area contributed by atoms with Gasteiger partial charge in [0.2, 0.25) is 0 Å². The van der Waals surface area contributed by atoms with E-state index in [1.54, 1.807) is 23.7 Å². The number of anilines is 1. The van der Waals surface area contributed by atoms with E-state index in [1.807, 2.05) is 19.9 Å². The van der Waals surface area contributed by atoms with Gasteiger partial charge in [0.1, 0.15) is 11.8 Å². The molecule has 2 amide bonds. The average molecular weight is 411 g/mol. The zero-order valence-electron chi connectivity index (χ0n) is 16.7. The van der Waals surface area contributed by atoms with Gasteiger partial charge < -0.3 is 15.1 Å². The maximum atomic E-state index is 12.3. The van der Waals surface area contributed by atoms with Crippen molar-refractivity contribution in [3.05, 3.63) is 75.5 Å². The number of carbonyl (C=O) groups excluding carboxylic acids is 2. The zero-order valence-corrected chi connectivity index (χ0v) is 16.7. The van der Waals surface area contributed by atoms with Crippen LogP contribution in [0.25, 0.3) is 0 Å². The number of nitro benzene ring substituents is 1. The summed E-state index contributed by atoms with van der Waals surface area (Å²) in [5.41, 5.74) is 2.40. The molecule has 10 nitrogen and oxygen atoms in total. The second-order valence-corrected chi connectivity index (χ2v) is 6.82. The van der Waals surface area contributed by atoms with Gasteiger partial charge >= 0.3 is 11.8 Å². The summed E-state index contributed by atoms with van der Waals surface area (Å²) in [7, 11) is 0.